The van der Waals surface area contributed by atoms with Crippen LogP contribution in [0, 0.1) is 5.92 Å². The smallest absolute Gasteiger partial charge is 0.318 e. The Morgan fingerprint density at radius 1 is 1.11 bits per heavy atom. The van der Waals surface area contributed by atoms with Gasteiger partial charge in [0.05, 0.1) is 11.8 Å². The third kappa shape index (κ3) is 5.96. The lowest BCUT2D eigenvalue weighted by atomic mass is 9.83. The lowest BCUT2D eigenvalue weighted by Gasteiger charge is -2.31. The summed E-state index contributed by atoms with van der Waals surface area (Å²) < 4.78 is 23.4. The molecule has 1 aromatic carbocycles. The van der Waals surface area contributed by atoms with Gasteiger partial charge in [0.1, 0.15) is 9.84 Å². The average Bonchev–Trinajstić information content (AvgIpc) is 3.09. The first-order chi connectivity index (χ1) is 12.9. The number of sulfone groups is 1. The van der Waals surface area contributed by atoms with Gasteiger partial charge in [0.2, 0.25) is 0 Å². The number of carbonyl (C=O) groups excluding carboxylic acids is 1. The molecule has 2 aliphatic rings. The van der Waals surface area contributed by atoms with Gasteiger partial charge in [0.25, 0.3) is 0 Å². The van der Waals surface area contributed by atoms with Gasteiger partial charge < -0.3 is 10.2 Å². The van der Waals surface area contributed by atoms with Crippen LogP contribution in [0.3, 0.4) is 0 Å². The van der Waals surface area contributed by atoms with Gasteiger partial charge in [-0.2, -0.15) is 0 Å². The number of amides is 2. The van der Waals surface area contributed by atoms with Gasteiger partial charge >= 0.3 is 6.03 Å². The number of nitrogens with one attached hydrogen (secondary N) is 1. The molecule has 1 aromatic rings. The second kappa shape index (κ2) is 9.09. The lowest BCUT2D eigenvalue weighted by Crippen LogP contribution is -2.46. The highest BCUT2D eigenvalue weighted by Crippen LogP contribution is 2.32. The van der Waals surface area contributed by atoms with E-state index in [9.17, 15) is 13.2 Å². The van der Waals surface area contributed by atoms with E-state index < -0.39 is 9.84 Å². The highest BCUT2D eigenvalue weighted by atomic mass is 32.2. The molecule has 1 heterocycles. The van der Waals surface area contributed by atoms with Gasteiger partial charge in [0.15, 0.2) is 0 Å². The number of nitrogens with zero attached hydrogens (tertiary/aromatic N) is 1. The Balaban J connectivity index is 1.69. The molecule has 0 radical (unpaired) electrons. The summed E-state index contributed by atoms with van der Waals surface area (Å²) in [5.74, 6) is 0.702. The van der Waals surface area contributed by atoms with Gasteiger partial charge in [-0.25, -0.2) is 13.2 Å². The molecule has 2 atom stereocenters. The second-order valence-corrected chi connectivity index (χ2v) is 10.4. The van der Waals surface area contributed by atoms with Crippen molar-refractivity contribution in [3.63, 3.8) is 0 Å². The van der Waals surface area contributed by atoms with E-state index in [1.54, 1.807) is 4.90 Å². The van der Waals surface area contributed by atoms with Crippen LogP contribution in [0.15, 0.2) is 30.3 Å². The van der Waals surface area contributed by atoms with Crippen molar-refractivity contribution in [1.29, 1.82) is 0 Å². The van der Waals surface area contributed by atoms with E-state index in [4.69, 9.17) is 0 Å². The van der Waals surface area contributed by atoms with E-state index >= 15 is 0 Å². The molecule has 5 nitrogen and oxygen atoms in total. The molecule has 2 fully saturated rings. The summed E-state index contributed by atoms with van der Waals surface area (Å²) in [7, 11) is -3.10. The van der Waals surface area contributed by atoms with Crippen molar-refractivity contribution >= 4 is 15.9 Å². The van der Waals surface area contributed by atoms with Crippen molar-refractivity contribution in [3.05, 3.63) is 35.9 Å². The lowest BCUT2D eigenvalue weighted by molar-refractivity contribution is 0.188. The molecular formula is C21H32N2O3S. The molecular weight excluding hydrogens is 360 g/mol. The van der Waals surface area contributed by atoms with Crippen LogP contribution in [-0.4, -0.2) is 43.9 Å². The van der Waals surface area contributed by atoms with Crippen LogP contribution in [0.1, 0.15) is 63.0 Å². The van der Waals surface area contributed by atoms with Gasteiger partial charge in [-0.05, 0) is 30.7 Å². The summed E-state index contributed by atoms with van der Waals surface area (Å²) in [6.07, 6.45) is 10.2. The maximum atomic E-state index is 13.0. The number of benzene rings is 1. The van der Waals surface area contributed by atoms with E-state index in [0.29, 0.717) is 12.5 Å². The zero-order valence-electron chi connectivity index (χ0n) is 16.3. The Hall–Kier alpha value is -1.56. The molecule has 1 unspecified atom stereocenters. The summed E-state index contributed by atoms with van der Waals surface area (Å²) in [4.78, 5) is 14.7. The minimum absolute atomic E-state index is 0.0127. The van der Waals surface area contributed by atoms with E-state index in [2.05, 4.69) is 17.4 Å². The van der Waals surface area contributed by atoms with Crippen molar-refractivity contribution < 1.29 is 13.2 Å². The SMILES string of the molecule is CS(=O)(=O)C[C@H]1CCCN1C(=O)NC(CC1CCCCC1)c1ccccc1. The molecule has 27 heavy (non-hydrogen) atoms. The Labute approximate surface area is 163 Å². The first-order valence-electron chi connectivity index (χ1n) is 10.2. The molecule has 1 aliphatic heterocycles. The van der Waals surface area contributed by atoms with Crippen LogP contribution in [0.4, 0.5) is 4.79 Å². The van der Waals surface area contributed by atoms with Crippen molar-refractivity contribution in [1.82, 2.24) is 10.2 Å². The quantitative estimate of drug-likeness (QED) is 0.798. The maximum Gasteiger partial charge on any atom is 0.318 e. The standard InChI is InChI=1S/C21H32N2O3S/c1-27(25,26)16-19-13-8-14-23(19)21(24)22-20(18-11-6-3-7-12-18)15-17-9-4-2-5-10-17/h3,6-7,11-12,17,19-20H,2,4-5,8-10,13-16H2,1H3,(H,22,24)/t19-,20?/m1/s1. The predicted molar refractivity (Wildman–Crippen MR) is 108 cm³/mol. The molecule has 1 saturated carbocycles. The molecule has 0 bridgehead atoms. The predicted octanol–water partition coefficient (Wildman–Crippen LogP) is 3.92. The fourth-order valence-electron chi connectivity index (χ4n) is 4.58. The topological polar surface area (TPSA) is 66.5 Å². The molecule has 2 amide bonds. The van der Waals surface area contributed by atoms with E-state index in [1.165, 1.54) is 38.4 Å². The zero-order chi connectivity index (χ0) is 19.3. The molecule has 0 spiro atoms. The first-order valence-corrected chi connectivity index (χ1v) is 12.3. The Bertz CT molecular complexity index is 714. The van der Waals surface area contributed by atoms with E-state index in [0.717, 1.165) is 24.8 Å². The molecule has 6 heteroatoms. The zero-order valence-corrected chi connectivity index (χ0v) is 17.1. The van der Waals surface area contributed by atoms with Crippen molar-refractivity contribution in [2.45, 2.75) is 63.5 Å². The molecule has 3 rings (SSSR count). The fraction of sp³-hybridized carbons (Fsp3) is 0.667. The Morgan fingerprint density at radius 2 is 1.81 bits per heavy atom. The second-order valence-electron chi connectivity index (χ2n) is 8.23. The molecule has 1 aliphatic carbocycles. The number of urea groups is 1. The third-order valence-corrected chi connectivity index (χ3v) is 6.92. The molecule has 150 valence electrons. The summed E-state index contributed by atoms with van der Waals surface area (Å²) >= 11 is 0. The van der Waals surface area contributed by atoms with E-state index in [-0.39, 0.29) is 23.9 Å². The highest BCUT2D eigenvalue weighted by Gasteiger charge is 2.32. The van der Waals surface area contributed by atoms with Crippen LogP contribution >= 0.6 is 0 Å². The van der Waals surface area contributed by atoms with Crippen molar-refractivity contribution in [3.8, 4) is 0 Å². The minimum atomic E-state index is -3.10. The summed E-state index contributed by atoms with van der Waals surface area (Å²) in [6, 6.07) is 9.83. The Morgan fingerprint density at radius 3 is 2.48 bits per heavy atom. The number of carbonyl (C=O) groups is 1. The molecule has 1 saturated heterocycles. The average molecular weight is 393 g/mol. The van der Waals surface area contributed by atoms with E-state index in [1.807, 2.05) is 18.2 Å². The summed E-state index contributed by atoms with van der Waals surface area (Å²) in [6.45, 7) is 0.636. The van der Waals surface area contributed by atoms with Gasteiger partial charge in [-0.15, -0.1) is 0 Å². The molecule has 1 N–H and O–H groups in total. The minimum Gasteiger partial charge on any atom is -0.331 e. The van der Waals surface area contributed by atoms with Gasteiger partial charge in [-0.1, -0.05) is 62.4 Å². The van der Waals surface area contributed by atoms with Gasteiger partial charge in [0, 0.05) is 18.8 Å². The summed E-state index contributed by atoms with van der Waals surface area (Å²) in [5.41, 5.74) is 1.13. The fourth-order valence-corrected chi connectivity index (χ4v) is 5.62. The van der Waals surface area contributed by atoms with Crippen molar-refractivity contribution in [2.24, 2.45) is 5.92 Å². The maximum absolute atomic E-state index is 13.0. The monoisotopic (exact) mass is 392 g/mol. The van der Waals surface area contributed by atoms with Crippen molar-refractivity contribution in [2.75, 3.05) is 18.6 Å². The summed E-state index contributed by atoms with van der Waals surface area (Å²) in [5, 5.41) is 3.23. The number of hydrogen-bond acceptors (Lipinski definition) is 3. The van der Waals surface area contributed by atoms with Crippen LogP contribution in [0.2, 0.25) is 0 Å². The normalized spacial score (nSPS) is 22.6. The van der Waals surface area contributed by atoms with Crippen LogP contribution in [-0.2, 0) is 9.84 Å². The van der Waals surface area contributed by atoms with Crippen LogP contribution < -0.4 is 5.32 Å². The van der Waals surface area contributed by atoms with Gasteiger partial charge in [-0.3, -0.25) is 0 Å². The highest BCUT2D eigenvalue weighted by molar-refractivity contribution is 7.90. The number of hydrogen-bond donors (Lipinski definition) is 1. The number of likely N-dealkylation sites (tertiary alicyclic amines) is 1. The first kappa shape index (κ1) is 20.2. The molecule has 0 aromatic heterocycles. The largest absolute Gasteiger partial charge is 0.331 e. The Kier molecular flexibility index (Phi) is 6.79. The number of rotatable bonds is 6. The third-order valence-electron chi connectivity index (χ3n) is 5.93. The van der Waals surface area contributed by atoms with Crippen LogP contribution in [0.5, 0.6) is 0 Å². The van der Waals surface area contributed by atoms with Crippen LogP contribution in [0.25, 0.3) is 0 Å².